The average molecular weight is 325 g/mol. The van der Waals surface area contributed by atoms with E-state index in [0.29, 0.717) is 18.9 Å². The Kier molecular flexibility index (Phi) is 7.37. The second kappa shape index (κ2) is 8.54. The summed E-state index contributed by atoms with van der Waals surface area (Å²) in [7, 11) is 0. The molecule has 1 unspecified atom stereocenters. The van der Waals surface area contributed by atoms with Gasteiger partial charge in [0.2, 0.25) is 5.91 Å². The molecule has 3 N–H and O–H groups in total. The first-order valence-electron chi connectivity index (χ1n) is 8.16. The zero-order valence-corrected chi connectivity index (χ0v) is 14.5. The van der Waals surface area contributed by atoms with Crippen LogP contribution in [-0.4, -0.2) is 18.0 Å². The number of aryl methyl sites for hydroxylation is 1. The van der Waals surface area contributed by atoms with Crippen molar-refractivity contribution >= 4 is 18.3 Å². The predicted molar refractivity (Wildman–Crippen MR) is 94.5 cm³/mol. The van der Waals surface area contributed by atoms with Gasteiger partial charge < -0.3 is 11.1 Å². The molecule has 1 aromatic carbocycles. The molecule has 1 fully saturated rings. The second-order valence-electron chi connectivity index (χ2n) is 6.46. The van der Waals surface area contributed by atoms with E-state index in [1.165, 1.54) is 24.0 Å². The molecule has 1 aliphatic carbocycles. The van der Waals surface area contributed by atoms with Crippen molar-refractivity contribution in [3.05, 3.63) is 35.4 Å². The zero-order valence-electron chi connectivity index (χ0n) is 13.7. The van der Waals surface area contributed by atoms with Gasteiger partial charge in [-0.25, -0.2) is 0 Å². The summed E-state index contributed by atoms with van der Waals surface area (Å²) in [6.45, 7) is 4.79. The fourth-order valence-electron chi connectivity index (χ4n) is 3.34. The van der Waals surface area contributed by atoms with Gasteiger partial charge in [-0.05, 0) is 37.7 Å². The van der Waals surface area contributed by atoms with Crippen molar-refractivity contribution in [1.29, 1.82) is 0 Å². The van der Waals surface area contributed by atoms with Crippen LogP contribution in [0.5, 0.6) is 0 Å². The van der Waals surface area contributed by atoms with Gasteiger partial charge >= 0.3 is 0 Å². The molecule has 1 aliphatic rings. The van der Waals surface area contributed by atoms with E-state index in [4.69, 9.17) is 5.73 Å². The molecule has 0 aromatic heterocycles. The fourth-order valence-corrected chi connectivity index (χ4v) is 3.34. The number of halogens is 1. The van der Waals surface area contributed by atoms with E-state index in [9.17, 15) is 4.79 Å². The van der Waals surface area contributed by atoms with E-state index in [2.05, 4.69) is 43.4 Å². The first kappa shape index (κ1) is 19.0. The van der Waals surface area contributed by atoms with E-state index < -0.39 is 0 Å². The van der Waals surface area contributed by atoms with Crippen LogP contribution >= 0.6 is 12.4 Å². The molecule has 0 radical (unpaired) electrons. The summed E-state index contributed by atoms with van der Waals surface area (Å²) in [5.41, 5.74) is 8.27. The van der Waals surface area contributed by atoms with E-state index in [1.54, 1.807) is 0 Å². The van der Waals surface area contributed by atoms with Gasteiger partial charge in [0, 0.05) is 13.0 Å². The SMILES string of the molecule is CCC(CC(=O)NC1(CN)CCCC1)c1ccc(C)cc1.Cl. The normalized spacial score (nSPS) is 17.6. The van der Waals surface area contributed by atoms with Crippen LogP contribution in [0.2, 0.25) is 0 Å². The summed E-state index contributed by atoms with van der Waals surface area (Å²) in [6.07, 6.45) is 5.93. The number of rotatable bonds is 6. The Morgan fingerprint density at radius 3 is 2.36 bits per heavy atom. The molecule has 2 rings (SSSR count). The van der Waals surface area contributed by atoms with E-state index in [1.807, 2.05) is 0 Å². The first-order valence-corrected chi connectivity index (χ1v) is 8.16. The number of carbonyl (C=O) groups excluding carboxylic acids is 1. The average Bonchev–Trinajstić information content (AvgIpc) is 2.95. The third-order valence-electron chi connectivity index (χ3n) is 4.83. The Labute approximate surface area is 140 Å². The van der Waals surface area contributed by atoms with Gasteiger partial charge in [0.1, 0.15) is 0 Å². The summed E-state index contributed by atoms with van der Waals surface area (Å²) in [6, 6.07) is 8.53. The molecule has 3 nitrogen and oxygen atoms in total. The molecule has 22 heavy (non-hydrogen) atoms. The van der Waals surface area contributed by atoms with Crippen LogP contribution in [0.1, 0.15) is 62.5 Å². The highest BCUT2D eigenvalue weighted by molar-refractivity contribution is 5.85. The zero-order chi connectivity index (χ0) is 15.3. The minimum absolute atomic E-state index is 0. The summed E-state index contributed by atoms with van der Waals surface area (Å²) >= 11 is 0. The molecule has 4 heteroatoms. The molecule has 0 saturated heterocycles. The summed E-state index contributed by atoms with van der Waals surface area (Å²) in [5.74, 6) is 0.441. The quantitative estimate of drug-likeness (QED) is 0.838. The predicted octanol–water partition coefficient (Wildman–Crippen LogP) is 3.69. The largest absolute Gasteiger partial charge is 0.349 e. The highest BCUT2D eigenvalue weighted by atomic mass is 35.5. The molecular formula is C18H29ClN2O. The molecule has 0 spiro atoms. The van der Waals surface area contributed by atoms with Crippen molar-refractivity contribution < 1.29 is 4.79 Å². The molecule has 124 valence electrons. The van der Waals surface area contributed by atoms with Gasteiger partial charge in [-0.3, -0.25) is 4.79 Å². The van der Waals surface area contributed by atoms with Crippen molar-refractivity contribution in [3.8, 4) is 0 Å². The van der Waals surface area contributed by atoms with Crippen molar-refractivity contribution in [2.75, 3.05) is 6.54 Å². The summed E-state index contributed by atoms with van der Waals surface area (Å²) < 4.78 is 0. The van der Waals surface area contributed by atoms with Gasteiger partial charge in [-0.1, -0.05) is 49.6 Å². The van der Waals surface area contributed by atoms with Crippen LogP contribution in [0, 0.1) is 6.92 Å². The minimum Gasteiger partial charge on any atom is -0.349 e. The number of nitrogens with one attached hydrogen (secondary N) is 1. The highest BCUT2D eigenvalue weighted by Crippen LogP contribution is 2.30. The summed E-state index contributed by atoms with van der Waals surface area (Å²) in [5, 5.41) is 3.22. The molecule has 0 aliphatic heterocycles. The molecule has 1 aromatic rings. The van der Waals surface area contributed by atoms with Crippen LogP contribution < -0.4 is 11.1 Å². The maximum Gasteiger partial charge on any atom is 0.221 e. The molecule has 1 atom stereocenters. The van der Waals surface area contributed by atoms with Crippen molar-refractivity contribution in [3.63, 3.8) is 0 Å². The van der Waals surface area contributed by atoms with Crippen LogP contribution in [0.4, 0.5) is 0 Å². The second-order valence-corrected chi connectivity index (χ2v) is 6.46. The first-order chi connectivity index (χ1) is 10.1. The Morgan fingerprint density at radius 1 is 1.27 bits per heavy atom. The van der Waals surface area contributed by atoms with Crippen LogP contribution in [0.25, 0.3) is 0 Å². The molecular weight excluding hydrogens is 296 g/mol. The standard InChI is InChI=1S/C18H28N2O.ClH/c1-3-15(16-8-6-14(2)7-9-16)12-17(21)20-18(13-19)10-4-5-11-18;/h6-9,15H,3-5,10-13,19H2,1-2H3,(H,20,21);1H. The van der Waals surface area contributed by atoms with Gasteiger partial charge in [0.25, 0.3) is 0 Å². The lowest BCUT2D eigenvalue weighted by Gasteiger charge is -2.29. The summed E-state index contributed by atoms with van der Waals surface area (Å²) in [4.78, 5) is 12.4. The maximum absolute atomic E-state index is 12.4. The van der Waals surface area contributed by atoms with Gasteiger partial charge in [0.05, 0.1) is 5.54 Å². The number of nitrogens with two attached hydrogens (primary N) is 1. The number of carbonyl (C=O) groups is 1. The Balaban J connectivity index is 0.00000242. The van der Waals surface area contributed by atoms with Crippen LogP contribution in [0.3, 0.4) is 0 Å². The van der Waals surface area contributed by atoms with E-state index >= 15 is 0 Å². The molecule has 0 bridgehead atoms. The number of hydrogen-bond donors (Lipinski definition) is 2. The lowest BCUT2D eigenvalue weighted by atomic mass is 9.91. The third kappa shape index (κ3) is 4.72. The smallest absolute Gasteiger partial charge is 0.221 e. The topological polar surface area (TPSA) is 55.1 Å². The van der Waals surface area contributed by atoms with Crippen molar-refractivity contribution in [1.82, 2.24) is 5.32 Å². The molecule has 1 amide bonds. The Bertz CT molecular complexity index is 466. The lowest BCUT2D eigenvalue weighted by molar-refractivity contribution is -0.123. The monoisotopic (exact) mass is 324 g/mol. The lowest BCUT2D eigenvalue weighted by Crippen LogP contribution is -2.51. The van der Waals surface area contributed by atoms with Crippen LogP contribution in [0.15, 0.2) is 24.3 Å². The third-order valence-corrected chi connectivity index (χ3v) is 4.83. The van der Waals surface area contributed by atoms with Gasteiger partial charge in [-0.2, -0.15) is 0 Å². The van der Waals surface area contributed by atoms with E-state index in [0.717, 1.165) is 19.3 Å². The Morgan fingerprint density at radius 2 is 1.86 bits per heavy atom. The van der Waals surface area contributed by atoms with Gasteiger partial charge in [0.15, 0.2) is 0 Å². The molecule has 0 heterocycles. The fraction of sp³-hybridized carbons (Fsp3) is 0.611. The minimum atomic E-state index is -0.136. The number of amides is 1. The Hall–Kier alpha value is -1.06. The van der Waals surface area contributed by atoms with E-state index in [-0.39, 0.29) is 23.9 Å². The number of benzene rings is 1. The van der Waals surface area contributed by atoms with Crippen LogP contribution in [-0.2, 0) is 4.79 Å². The maximum atomic E-state index is 12.4. The van der Waals surface area contributed by atoms with Crippen molar-refractivity contribution in [2.45, 2.75) is 63.8 Å². The van der Waals surface area contributed by atoms with Gasteiger partial charge in [-0.15, -0.1) is 12.4 Å². The van der Waals surface area contributed by atoms with Crippen molar-refractivity contribution in [2.24, 2.45) is 5.73 Å². The molecule has 1 saturated carbocycles. The highest BCUT2D eigenvalue weighted by Gasteiger charge is 2.34. The number of hydrogen-bond acceptors (Lipinski definition) is 2.